The van der Waals surface area contributed by atoms with E-state index in [2.05, 4.69) is 10.2 Å². The van der Waals surface area contributed by atoms with Crippen molar-refractivity contribution in [2.24, 2.45) is 0 Å². The maximum Gasteiger partial charge on any atom is 0.309 e. The molecule has 0 saturated carbocycles. The van der Waals surface area contributed by atoms with Gasteiger partial charge in [-0.3, -0.25) is 0 Å². The lowest BCUT2D eigenvalue weighted by Crippen LogP contribution is -2.60. The van der Waals surface area contributed by atoms with Gasteiger partial charge in [0.2, 0.25) is 0 Å². The number of ether oxygens (including phenoxy) is 4. The highest BCUT2D eigenvalue weighted by molar-refractivity contribution is 6.14. The Morgan fingerprint density at radius 2 is 1.06 bits per heavy atom. The molecule has 4 nitrogen and oxygen atoms in total. The summed E-state index contributed by atoms with van der Waals surface area (Å²) in [5.74, 6) is -1.21. The van der Waals surface area contributed by atoms with Crippen molar-refractivity contribution < 1.29 is 18.9 Å². The minimum absolute atomic E-state index is 0.479. The summed E-state index contributed by atoms with van der Waals surface area (Å²) in [6.07, 6.45) is 0. The summed E-state index contributed by atoms with van der Waals surface area (Å²) in [5.41, 5.74) is 0. The third-order valence-corrected chi connectivity index (χ3v) is 2.47. The second kappa shape index (κ2) is 7.40. The van der Waals surface area contributed by atoms with Crippen molar-refractivity contribution in [1.29, 1.82) is 0 Å². The van der Waals surface area contributed by atoms with Crippen LogP contribution in [-0.2, 0) is 18.9 Å². The lowest BCUT2D eigenvalue weighted by Gasteiger charge is -2.43. The molecule has 3 radical (unpaired) electrons. The van der Waals surface area contributed by atoms with E-state index < -0.39 is 11.2 Å². The Balaban J connectivity index is 4.96. The van der Waals surface area contributed by atoms with E-state index in [1.54, 1.807) is 0 Å². The van der Waals surface area contributed by atoms with E-state index in [9.17, 15) is 0 Å². The van der Waals surface area contributed by atoms with Gasteiger partial charge >= 0.3 is 5.97 Å². The number of rotatable bonds is 9. The Hall–Kier alpha value is 0.0569. The first-order valence-corrected chi connectivity index (χ1v) is 6.30. The van der Waals surface area contributed by atoms with E-state index in [0.29, 0.717) is 26.4 Å². The van der Waals surface area contributed by atoms with Gasteiger partial charge in [0.25, 0.3) is 0 Å². The topological polar surface area (TPSA) is 36.9 Å². The Kier molecular flexibility index (Phi) is 7.42. The Labute approximate surface area is 102 Å². The van der Waals surface area contributed by atoms with Gasteiger partial charge in [0.1, 0.15) is 5.22 Å². The molecule has 0 aromatic carbocycles. The SMILES string of the molecule is CCOC(C)([Si])C(OCC)(OCC)OCC. The van der Waals surface area contributed by atoms with Crippen LogP contribution in [0.3, 0.4) is 0 Å². The third kappa shape index (κ3) is 3.82. The predicted octanol–water partition coefficient (Wildman–Crippen LogP) is 1.67. The van der Waals surface area contributed by atoms with E-state index in [4.69, 9.17) is 18.9 Å². The fourth-order valence-electron chi connectivity index (χ4n) is 1.49. The van der Waals surface area contributed by atoms with Crippen LogP contribution in [0, 0.1) is 0 Å². The molecule has 0 spiro atoms. The first kappa shape index (κ1) is 16.1. The van der Waals surface area contributed by atoms with Crippen LogP contribution in [0.4, 0.5) is 0 Å². The molecule has 0 saturated heterocycles. The molecular formula is C11H23O4Si. The monoisotopic (exact) mass is 247 g/mol. The minimum Gasteiger partial charge on any atom is -0.372 e. The molecule has 0 aliphatic carbocycles. The van der Waals surface area contributed by atoms with Crippen LogP contribution in [0.1, 0.15) is 34.6 Å². The average Bonchev–Trinajstić information content (AvgIpc) is 2.18. The van der Waals surface area contributed by atoms with Crippen LogP contribution in [-0.4, -0.2) is 47.9 Å². The summed E-state index contributed by atoms with van der Waals surface area (Å²) >= 11 is 0. The van der Waals surface area contributed by atoms with Crippen molar-refractivity contribution >= 4 is 10.2 Å². The zero-order chi connectivity index (χ0) is 12.7. The molecule has 0 aliphatic heterocycles. The van der Waals surface area contributed by atoms with Crippen LogP contribution in [0.5, 0.6) is 0 Å². The van der Waals surface area contributed by atoms with Crippen molar-refractivity contribution in [3.8, 4) is 0 Å². The van der Waals surface area contributed by atoms with Gasteiger partial charge in [-0.05, 0) is 34.6 Å². The van der Waals surface area contributed by atoms with E-state index in [1.165, 1.54) is 0 Å². The van der Waals surface area contributed by atoms with Crippen LogP contribution in [0.2, 0.25) is 0 Å². The Morgan fingerprint density at radius 1 is 0.750 bits per heavy atom. The quantitative estimate of drug-likeness (QED) is 0.459. The Morgan fingerprint density at radius 3 is 1.31 bits per heavy atom. The summed E-state index contributed by atoms with van der Waals surface area (Å²) in [7, 11) is 3.53. The summed E-state index contributed by atoms with van der Waals surface area (Å²) in [6, 6.07) is 0. The van der Waals surface area contributed by atoms with Crippen molar-refractivity contribution in [2.45, 2.75) is 45.8 Å². The van der Waals surface area contributed by atoms with Crippen LogP contribution in [0.15, 0.2) is 0 Å². The summed E-state index contributed by atoms with van der Waals surface area (Å²) in [6.45, 7) is 11.4. The van der Waals surface area contributed by atoms with Gasteiger partial charge in [-0.25, -0.2) is 0 Å². The summed E-state index contributed by atoms with van der Waals surface area (Å²) in [4.78, 5) is 0. The molecule has 5 heteroatoms. The molecule has 0 fully saturated rings. The molecule has 0 aromatic heterocycles. The molecule has 0 aromatic rings. The fraction of sp³-hybridized carbons (Fsp3) is 1.00. The smallest absolute Gasteiger partial charge is 0.309 e. The molecule has 16 heavy (non-hydrogen) atoms. The molecule has 0 aliphatic rings. The fourth-order valence-corrected chi connectivity index (χ4v) is 1.85. The van der Waals surface area contributed by atoms with Crippen LogP contribution >= 0.6 is 0 Å². The number of hydrogen-bond donors (Lipinski definition) is 0. The number of hydrogen-bond acceptors (Lipinski definition) is 4. The lowest BCUT2D eigenvalue weighted by molar-refractivity contribution is -0.422. The van der Waals surface area contributed by atoms with Gasteiger partial charge < -0.3 is 18.9 Å². The highest BCUT2D eigenvalue weighted by atomic mass is 28.1. The summed E-state index contributed by atoms with van der Waals surface area (Å²) in [5, 5.41) is -0.843. The lowest BCUT2D eigenvalue weighted by atomic mass is 10.3. The maximum absolute atomic E-state index is 5.61. The molecule has 1 atom stereocenters. The predicted molar refractivity (Wildman–Crippen MR) is 63.4 cm³/mol. The first-order valence-electron chi connectivity index (χ1n) is 5.80. The van der Waals surface area contributed by atoms with E-state index in [1.807, 2.05) is 34.6 Å². The largest absolute Gasteiger partial charge is 0.372 e. The van der Waals surface area contributed by atoms with Crippen molar-refractivity contribution in [3.63, 3.8) is 0 Å². The van der Waals surface area contributed by atoms with Gasteiger partial charge in [-0.2, -0.15) is 0 Å². The second-order valence-electron chi connectivity index (χ2n) is 3.32. The first-order chi connectivity index (χ1) is 7.49. The normalized spacial score (nSPS) is 16.1. The van der Waals surface area contributed by atoms with Gasteiger partial charge in [0.05, 0.1) is 10.2 Å². The van der Waals surface area contributed by atoms with Gasteiger partial charge in [0, 0.05) is 26.4 Å². The zero-order valence-electron chi connectivity index (χ0n) is 11.0. The van der Waals surface area contributed by atoms with Crippen molar-refractivity contribution in [1.82, 2.24) is 0 Å². The molecule has 0 amide bonds. The standard InChI is InChI=1S/C11H23O4Si/c1-6-12-10(5,16)11(13-7-2,14-8-3)15-9-4/h6-9H2,1-5H3. The van der Waals surface area contributed by atoms with E-state index >= 15 is 0 Å². The molecule has 0 N–H and O–H groups in total. The molecule has 0 heterocycles. The Bertz CT molecular complexity index is 168. The van der Waals surface area contributed by atoms with E-state index in [-0.39, 0.29) is 0 Å². The average molecular weight is 247 g/mol. The maximum atomic E-state index is 5.61. The van der Waals surface area contributed by atoms with Crippen LogP contribution in [0.25, 0.3) is 0 Å². The van der Waals surface area contributed by atoms with Gasteiger partial charge in [0.15, 0.2) is 0 Å². The molecular weight excluding hydrogens is 224 g/mol. The minimum atomic E-state index is -1.21. The van der Waals surface area contributed by atoms with Crippen LogP contribution < -0.4 is 0 Å². The molecule has 95 valence electrons. The van der Waals surface area contributed by atoms with Crippen molar-refractivity contribution in [2.75, 3.05) is 26.4 Å². The molecule has 1 unspecified atom stereocenters. The molecule has 0 rings (SSSR count). The molecule has 0 bridgehead atoms. The highest BCUT2D eigenvalue weighted by Crippen LogP contribution is 2.30. The van der Waals surface area contributed by atoms with Gasteiger partial charge in [-0.15, -0.1) is 0 Å². The second-order valence-corrected chi connectivity index (χ2v) is 4.28. The summed E-state index contributed by atoms with van der Waals surface area (Å²) < 4.78 is 22.4. The third-order valence-electron chi connectivity index (χ3n) is 2.02. The van der Waals surface area contributed by atoms with E-state index in [0.717, 1.165) is 0 Å². The van der Waals surface area contributed by atoms with Gasteiger partial charge in [-0.1, -0.05) is 0 Å². The van der Waals surface area contributed by atoms with Crippen molar-refractivity contribution in [3.05, 3.63) is 0 Å². The zero-order valence-corrected chi connectivity index (χ0v) is 12.0. The highest BCUT2D eigenvalue weighted by Gasteiger charge is 2.49.